The minimum absolute atomic E-state index is 0.304. The van der Waals surface area contributed by atoms with Crippen molar-refractivity contribution in [1.82, 2.24) is 9.97 Å². The van der Waals surface area contributed by atoms with Crippen LogP contribution in [-0.4, -0.2) is 17.8 Å². The van der Waals surface area contributed by atoms with Crippen molar-refractivity contribution >= 4 is 24.2 Å². The van der Waals surface area contributed by atoms with Gasteiger partial charge in [-0.3, -0.25) is 0 Å². The highest BCUT2D eigenvalue weighted by Crippen LogP contribution is 2.24. The Balaban J connectivity index is 2.09. The van der Waals surface area contributed by atoms with Gasteiger partial charge in [0.05, 0.1) is 11.2 Å². The van der Waals surface area contributed by atoms with Crippen molar-refractivity contribution < 1.29 is 0 Å². The summed E-state index contributed by atoms with van der Waals surface area (Å²) in [6.45, 7) is 2.20. The Morgan fingerprint density at radius 1 is 1.14 bits per heavy atom. The number of hydrogen-bond donors (Lipinski definition) is 1. The van der Waals surface area contributed by atoms with E-state index in [9.17, 15) is 4.79 Å². The molecule has 4 heteroatoms. The summed E-state index contributed by atoms with van der Waals surface area (Å²) in [6.07, 6.45) is 3.49. The maximum Gasteiger partial charge on any atom is 0.345 e. The minimum atomic E-state index is -0.304. The summed E-state index contributed by atoms with van der Waals surface area (Å²) < 4.78 is 0. The lowest BCUT2D eigenvalue weighted by atomic mass is 9.93. The van der Waals surface area contributed by atoms with Gasteiger partial charge in [-0.25, -0.2) is 4.79 Å². The Bertz CT molecular complexity index is 853. The second-order valence-corrected chi connectivity index (χ2v) is 5.74. The standard InChI is InChI=1S/C18H19BN2O/c1-2-3-4-12-5-7-13(8-6-12)17-15-11-14(19)9-10-16(15)20-18(22)21-17/h5-11H,2-4,19H2,1H3,(H,20,21,22). The molecule has 22 heavy (non-hydrogen) atoms. The van der Waals surface area contributed by atoms with Crippen molar-refractivity contribution in [3.05, 3.63) is 58.5 Å². The predicted molar refractivity (Wildman–Crippen MR) is 94.6 cm³/mol. The molecule has 2 aromatic carbocycles. The number of hydrogen-bond acceptors (Lipinski definition) is 2. The van der Waals surface area contributed by atoms with Crippen LogP contribution in [0.1, 0.15) is 25.3 Å². The summed E-state index contributed by atoms with van der Waals surface area (Å²) in [5.41, 5.74) is 4.75. The molecular weight excluding hydrogens is 271 g/mol. The van der Waals surface area contributed by atoms with Crippen molar-refractivity contribution in [2.45, 2.75) is 26.2 Å². The molecule has 0 spiro atoms. The lowest BCUT2D eigenvalue weighted by molar-refractivity contribution is 0.795. The van der Waals surface area contributed by atoms with Gasteiger partial charge in [0.2, 0.25) is 0 Å². The quantitative estimate of drug-likeness (QED) is 0.749. The molecular formula is C18H19BN2O. The van der Waals surface area contributed by atoms with E-state index in [1.54, 1.807) is 0 Å². The highest BCUT2D eigenvalue weighted by atomic mass is 16.1. The number of unbranched alkanes of at least 4 members (excludes halogenated alkanes) is 1. The van der Waals surface area contributed by atoms with Crippen LogP contribution in [0.25, 0.3) is 22.2 Å². The zero-order valence-corrected chi connectivity index (χ0v) is 13.0. The van der Waals surface area contributed by atoms with E-state index in [0.29, 0.717) is 0 Å². The number of nitrogens with one attached hydrogen (secondary N) is 1. The summed E-state index contributed by atoms with van der Waals surface area (Å²) in [4.78, 5) is 18.8. The molecule has 1 N–H and O–H groups in total. The molecule has 3 aromatic rings. The molecule has 0 radical (unpaired) electrons. The monoisotopic (exact) mass is 290 g/mol. The van der Waals surface area contributed by atoms with Crippen LogP contribution in [0.4, 0.5) is 0 Å². The van der Waals surface area contributed by atoms with E-state index in [1.807, 2.05) is 20.0 Å². The molecule has 0 aliphatic carbocycles. The van der Waals surface area contributed by atoms with E-state index in [-0.39, 0.29) is 5.69 Å². The second kappa shape index (κ2) is 6.18. The number of H-pyrrole nitrogens is 1. The van der Waals surface area contributed by atoms with Crippen LogP contribution >= 0.6 is 0 Å². The minimum Gasteiger partial charge on any atom is -0.305 e. The number of nitrogens with zero attached hydrogens (tertiary/aromatic N) is 1. The number of aromatic amines is 1. The van der Waals surface area contributed by atoms with Gasteiger partial charge >= 0.3 is 5.69 Å². The van der Waals surface area contributed by atoms with Crippen molar-refractivity contribution in [2.24, 2.45) is 0 Å². The number of aromatic nitrogens is 2. The van der Waals surface area contributed by atoms with E-state index in [4.69, 9.17) is 0 Å². The van der Waals surface area contributed by atoms with E-state index < -0.39 is 0 Å². The average molecular weight is 290 g/mol. The van der Waals surface area contributed by atoms with Gasteiger partial charge in [-0.15, -0.1) is 0 Å². The van der Waals surface area contributed by atoms with Crippen LogP contribution in [-0.2, 0) is 6.42 Å². The van der Waals surface area contributed by atoms with E-state index in [1.165, 1.54) is 18.4 Å². The molecule has 110 valence electrons. The fourth-order valence-corrected chi connectivity index (χ4v) is 2.70. The molecule has 0 saturated heterocycles. The molecule has 0 aliphatic rings. The van der Waals surface area contributed by atoms with Crippen LogP contribution in [0.5, 0.6) is 0 Å². The lowest BCUT2D eigenvalue weighted by Gasteiger charge is -2.07. The third-order valence-corrected chi connectivity index (χ3v) is 3.93. The van der Waals surface area contributed by atoms with Crippen LogP contribution in [0.2, 0.25) is 0 Å². The van der Waals surface area contributed by atoms with Gasteiger partial charge in [0.15, 0.2) is 0 Å². The zero-order chi connectivity index (χ0) is 15.5. The molecule has 0 fully saturated rings. The summed E-state index contributed by atoms with van der Waals surface area (Å²) in [5.74, 6) is 0. The smallest absolute Gasteiger partial charge is 0.305 e. The maximum atomic E-state index is 11.8. The molecule has 0 amide bonds. The van der Waals surface area contributed by atoms with E-state index >= 15 is 0 Å². The molecule has 0 atom stereocenters. The van der Waals surface area contributed by atoms with Gasteiger partial charge < -0.3 is 4.98 Å². The van der Waals surface area contributed by atoms with Gasteiger partial charge in [-0.05, 0) is 24.5 Å². The Morgan fingerprint density at radius 3 is 2.64 bits per heavy atom. The first-order valence-corrected chi connectivity index (χ1v) is 7.77. The number of benzene rings is 2. The summed E-state index contributed by atoms with van der Waals surface area (Å²) >= 11 is 0. The lowest BCUT2D eigenvalue weighted by Crippen LogP contribution is -2.13. The third kappa shape index (κ3) is 2.96. The highest BCUT2D eigenvalue weighted by molar-refractivity contribution is 6.33. The topological polar surface area (TPSA) is 45.8 Å². The van der Waals surface area contributed by atoms with Crippen molar-refractivity contribution in [1.29, 1.82) is 0 Å². The predicted octanol–water partition coefficient (Wildman–Crippen LogP) is 2.19. The van der Waals surface area contributed by atoms with Crippen LogP contribution in [0, 0.1) is 0 Å². The summed E-state index contributed by atoms with van der Waals surface area (Å²) in [5, 5.41) is 0.987. The summed E-state index contributed by atoms with van der Waals surface area (Å²) in [6, 6.07) is 14.4. The Morgan fingerprint density at radius 2 is 1.91 bits per heavy atom. The maximum absolute atomic E-state index is 11.8. The molecule has 3 rings (SSSR count). The van der Waals surface area contributed by atoms with Gasteiger partial charge in [0.25, 0.3) is 0 Å². The van der Waals surface area contributed by atoms with Crippen LogP contribution < -0.4 is 11.2 Å². The van der Waals surface area contributed by atoms with E-state index in [0.717, 1.165) is 34.0 Å². The van der Waals surface area contributed by atoms with Gasteiger partial charge in [0, 0.05) is 10.9 Å². The average Bonchev–Trinajstić information content (AvgIpc) is 2.53. The molecule has 1 heterocycles. The van der Waals surface area contributed by atoms with Crippen molar-refractivity contribution in [2.75, 3.05) is 0 Å². The Kier molecular flexibility index (Phi) is 4.10. The van der Waals surface area contributed by atoms with Gasteiger partial charge in [-0.2, -0.15) is 4.98 Å². The molecule has 0 bridgehead atoms. The first kappa shape index (κ1) is 14.6. The number of fused-ring (bicyclic) bond motifs is 1. The highest BCUT2D eigenvalue weighted by Gasteiger charge is 2.08. The normalized spacial score (nSPS) is 11.0. The summed E-state index contributed by atoms with van der Waals surface area (Å²) in [7, 11) is 2.04. The largest absolute Gasteiger partial charge is 0.345 e. The second-order valence-electron chi connectivity index (χ2n) is 5.74. The first-order chi connectivity index (χ1) is 10.7. The van der Waals surface area contributed by atoms with Crippen molar-refractivity contribution in [3.63, 3.8) is 0 Å². The van der Waals surface area contributed by atoms with Gasteiger partial charge in [-0.1, -0.05) is 55.2 Å². The first-order valence-electron chi connectivity index (χ1n) is 7.77. The molecule has 0 saturated carbocycles. The van der Waals surface area contributed by atoms with Crippen LogP contribution in [0.15, 0.2) is 47.3 Å². The third-order valence-electron chi connectivity index (χ3n) is 3.93. The fraction of sp³-hybridized carbons (Fsp3) is 0.222. The molecule has 1 aromatic heterocycles. The fourth-order valence-electron chi connectivity index (χ4n) is 2.70. The molecule has 0 unspecified atom stereocenters. The van der Waals surface area contributed by atoms with E-state index in [2.05, 4.69) is 47.2 Å². The van der Waals surface area contributed by atoms with Gasteiger partial charge in [0.1, 0.15) is 7.85 Å². The SMILES string of the molecule is Bc1ccc2[nH]c(=O)nc(-c3ccc(CCCC)cc3)c2c1. The molecule has 3 nitrogen and oxygen atoms in total. The zero-order valence-electron chi connectivity index (χ0n) is 13.0. The van der Waals surface area contributed by atoms with Crippen LogP contribution in [0.3, 0.4) is 0 Å². The van der Waals surface area contributed by atoms with Crippen molar-refractivity contribution in [3.8, 4) is 11.3 Å². The molecule has 0 aliphatic heterocycles. The number of rotatable bonds is 4. The Hall–Kier alpha value is -2.36. The Labute approximate surface area is 130 Å². The number of aryl methyl sites for hydroxylation is 1.